The maximum atomic E-state index is 11.7. The molecule has 0 saturated carbocycles. The average molecular weight is 198 g/mol. The number of rotatable bonds is 4. The smallest absolute Gasteiger partial charge is 0.229 e. The van der Waals surface area contributed by atoms with Gasteiger partial charge in [-0.15, -0.1) is 0 Å². The van der Waals surface area contributed by atoms with E-state index in [4.69, 9.17) is 5.73 Å². The predicted octanol–water partition coefficient (Wildman–Crippen LogP) is 0.880. The molecule has 1 amide bonds. The van der Waals surface area contributed by atoms with Gasteiger partial charge in [0.2, 0.25) is 5.91 Å². The van der Waals surface area contributed by atoms with Gasteiger partial charge in [-0.25, -0.2) is 0 Å². The van der Waals surface area contributed by atoms with Crippen LogP contribution in [0.25, 0.3) is 0 Å². The molecule has 4 nitrogen and oxygen atoms in total. The number of hydrogen-bond donors (Lipinski definition) is 1. The Morgan fingerprint density at radius 3 is 2.14 bits per heavy atom. The Morgan fingerprint density at radius 1 is 1.43 bits per heavy atom. The molecular formula is C10H18N2O2. The Balaban J connectivity index is 4.88. The number of likely N-dealkylation sites (N-methyl/N-ethyl adjacent to an activating group) is 1. The lowest BCUT2D eigenvalue weighted by atomic mass is 10.1. The van der Waals surface area contributed by atoms with Crippen LogP contribution in [-0.2, 0) is 9.59 Å². The summed E-state index contributed by atoms with van der Waals surface area (Å²) < 4.78 is 0. The maximum Gasteiger partial charge on any atom is 0.229 e. The summed E-state index contributed by atoms with van der Waals surface area (Å²) >= 11 is 0. The van der Waals surface area contributed by atoms with E-state index < -0.39 is 0 Å². The number of nitrogens with two attached hydrogens (primary N) is 1. The summed E-state index contributed by atoms with van der Waals surface area (Å²) in [4.78, 5) is 24.2. The molecule has 0 unspecified atom stereocenters. The van der Waals surface area contributed by atoms with Crippen LogP contribution in [0.3, 0.4) is 0 Å². The molecule has 0 saturated heterocycles. The van der Waals surface area contributed by atoms with Crippen molar-refractivity contribution in [1.29, 1.82) is 0 Å². The standard InChI is InChI=1S/C10H18N2O2/c1-5-12(10(14)7(2)3)9(6-11)8(4)13/h6-7H,5,11H2,1-4H3/b9-6-. The Bertz CT molecular complexity index is 257. The van der Waals surface area contributed by atoms with Crippen LogP contribution in [0, 0.1) is 5.92 Å². The molecule has 0 aromatic carbocycles. The average Bonchev–Trinajstić information content (AvgIpc) is 2.11. The molecule has 4 heteroatoms. The second kappa shape index (κ2) is 5.42. The number of carbonyl (C=O) groups is 2. The molecule has 14 heavy (non-hydrogen) atoms. The molecule has 0 fully saturated rings. The fourth-order valence-corrected chi connectivity index (χ4v) is 1.15. The highest BCUT2D eigenvalue weighted by Crippen LogP contribution is 2.09. The topological polar surface area (TPSA) is 63.4 Å². The van der Waals surface area contributed by atoms with Gasteiger partial charge in [-0.3, -0.25) is 9.59 Å². The van der Waals surface area contributed by atoms with Crippen LogP contribution in [0.4, 0.5) is 0 Å². The van der Waals surface area contributed by atoms with Crippen LogP contribution in [0.5, 0.6) is 0 Å². The molecule has 0 rings (SSSR count). The van der Waals surface area contributed by atoms with Crippen molar-refractivity contribution in [2.75, 3.05) is 6.54 Å². The van der Waals surface area contributed by atoms with Gasteiger partial charge in [0.1, 0.15) is 5.70 Å². The predicted molar refractivity (Wildman–Crippen MR) is 55.2 cm³/mol. The molecular weight excluding hydrogens is 180 g/mol. The molecule has 0 aliphatic rings. The fourth-order valence-electron chi connectivity index (χ4n) is 1.15. The number of carbonyl (C=O) groups excluding carboxylic acids is 2. The van der Waals surface area contributed by atoms with Gasteiger partial charge in [-0.05, 0) is 6.92 Å². The van der Waals surface area contributed by atoms with Crippen molar-refractivity contribution in [3.8, 4) is 0 Å². The summed E-state index contributed by atoms with van der Waals surface area (Å²) in [5.74, 6) is -0.410. The van der Waals surface area contributed by atoms with Gasteiger partial charge < -0.3 is 10.6 Å². The molecule has 0 aromatic rings. The number of amides is 1. The van der Waals surface area contributed by atoms with E-state index in [1.54, 1.807) is 13.8 Å². The molecule has 0 aliphatic heterocycles. The Labute approximate surface area is 84.8 Å². The molecule has 0 bridgehead atoms. The molecule has 80 valence electrons. The van der Waals surface area contributed by atoms with Crippen molar-refractivity contribution in [2.45, 2.75) is 27.7 Å². The van der Waals surface area contributed by atoms with E-state index in [-0.39, 0.29) is 23.3 Å². The minimum atomic E-state index is -0.191. The summed E-state index contributed by atoms with van der Waals surface area (Å²) in [5.41, 5.74) is 5.58. The van der Waals surface area contributed by atoms with Gasteiger partial charge in [0.15, 0.2) is 5.78 Å². The van der Waals surface area contributed by atoms with Gasteiger partial charge >= 0.3 is 0 Å². The first-order valence-electron chi connectivity index (χ1n) is 4.69. The van der Waals surface area contributed by atoms with Gasteiger partial charge in [-0.2, -0.15) is 0 Å². The van der Waals surface area contributed by atoms with Crippen molar-refractivity contribution in [3.05, 3.63) is 11.9 Å². The van der Waals surface area contributed by atoms with Gasteiger partial charge in [-0.1, -0.05) is 13.8 Å². The molecule has 0 spiro atoms. The minimum Gasteiger partial charge on any atom is -0.403 e. The third-order valence-corrected chi connectivity index (χ3v) is 1.89. The zero-order chi connectivity index (χ0) is 11.3. The second-order valence-electron chi connectivity index (χ2n) is 3.35. The summed E-state index contributed by atoms with van der Waals surface area (Å²) in [6, 6.07) is 0. The van der Waals surface area contributed by atoms with E-state index in [9.17, 15) is 9.59 Å². The van der Waals surface area contributed by atoms with Crippen molar-refractivity contribution in [3.63, 3.8) is 0 Å². The van der Waals surface area contributed by atoms with Crippen LogP contribution in [0.2, 0.25) is 0 Å². The largest absolute Gasteiger partial charge is 0.403 e. The van der Waals surface area contributed by atoms with Gasteiger partial charge in [0, 0.05) is 25.6 Å². The first-order valence-corrected chi connectivity index (χ1v) is 4.69. The second-order valence-corrected chi connectivity index (χ2v) is 3.35. The Morgan fingerprint density at radius 2 is 1.93 bits per heavy atom. The Hall–Kier alpha value is -1.32. The Kier molecular flexibility index (Phi) is 4.91. The van der Waals surface area contributed by atoms with E-state index in [2.05, 4.69) is 0 Å². The zero-order valence-electron chi connectivity index (χ0n) is 9.20. The summed E-state index contributed by atoms with van der Waals surface area (Å²) in [6.45, 7) is 7.25. The summed E-state index contributed by atoms with van der Waals surface area (Å²) in [7, 11) is 0. The van der Waals surface area contributed by atoms with Crippen molar-refractivity contribution < 1.29 is 9.59 Å². The molecule has 2 N–H and O–H groups in total. The molecule has 0 atom stereocenters. The first kappa shape index (κ1) is 12.7. The highest BCUT2D eigenvalue weighted by atomic mass is 16.2. The van der Waals surface area contributed by atoms with Crippen LogP contribution in [0.15, 0.2) is 11.9 Å². The third kappa shape index (κ3) is 2.87. The molecule has 0 aromatic heterocycles. The molecule has 0 heterocycles. The number of allylic oxidation sites excluding steroid dienone is 1. The highest BCUT2D eigenvalue weighted by molar-refractivity contribution is 5.97. The number of Topliss-reactive ketones (excluding diaryl/α,β-unsaturated/α-hetero) is 1. The number of hydrogen-bond acceptors (Lipinski definition) is 3. The third-order valence-electron chi connectivity index (χ3n) is 1.89. The zero-order valence-corrected chi connectivity index (χ0v) is 9.20. The molecule has 0 radical (unpaired) electrons. The van der Waals surface area contributed by atoms with E-state index >= 15 is 0 Å². The summed E-state index contributed by atoms with van der Waals surface area (Å²) in [6.07, 6.45) is 1.19. The van der Waals surface area contributed by atoms with Crippen LogP contribution in [0.1, 0.15) is 27.7 Å². The van der Waals surface area contributed by atoms with Crippen molar-refractivity contribution in [1.82, 2.24) is 4.90 Å². The van der Waals surface area contributed by atoms with Crippen LogP contribution in [-0.4, -0.2) is 23.1 Å². The lowest BCUT2D eigenvalue weighted by Gasteiger charge is -2.23. The lowest BCUT2D eigenvalue weighted by molar-refractivity contribution is -0.134. The SMILES string of the molecule is CCN(C(=O)C(C)C)/C(=C\N)C(C)=O. The maximum absolute atomic E-state index is 11.7. The van der Waals surface area contributed by atoms with E-state index in [1.807, 2.05) is 6.92 Å². The normalized spacial score (nSPS) is 11.6. The van der Waals surface area contributed by atoms with Crippen LogP contribution >= 0.6 is 0 Å². The minimum absolute atomic E-state index is 0.0839. The van der Waals surface area contributed by atoms with Gasteiger partial charge in [0.25, 0.3) is 0 Å². The molecule has 0 aliphatic carbocycles. The van der Waals surface area contributed by atoms with Crippen molar-refractivity contribution >= 4 is 11.7 Å². The van der Waals surface area contributed by atoms with Gasteiger partial charge in [0.05, 0.1) is 0 Å². The van der Waals surface area contributed by atoms with E-state index in [0.717, 1.165) is 0 Å². The lowest BCUT2D eigenvalue weighted by Crippen LogP contribution is -2.36. The number of ketones is 1. The number of nitrogens with zero attached hydrogens (tertiary/aromatic N) is 1. The summed E-state index contributed by atoms with van der Waals surface area (Å²) in [5, 5.41) is 0. The fraction of sp³-hybridized carbons (Fsp3) is 0.600. The van der Waals surface area contributed by atoms with E-state index in [0.29, 0.717) is 6.54 Å². The quantitative estimate of drug-likeness (QED) is 0.682. The monoisotopic (exact) mass is 198 g/mol. The first-order chi connectivity index (χ1) is 6.45. The van der Waals surface area contributed by atoms with E-state index in [1.165, 1.54) is 18.0 Å². The van der Waals surface area contributed by atoms with Crippen molar-refractivity contribution in [2.24, 2.45) is 11.7 Å². The van der Waals surface area contributed by atoms with Crippen LogP contribution < -0.4 is 5.73 Å². The highest BCUT2D eigenvalue weighted by Gasteiger charge is 2.21.